The molecule has 1 aromatic heterocycles. The van der Waals surface area contributed by atoms with Crippen LogP contribution in [0.1, 0.15) is 36.5 Å². The second kappa shape index (κ2) is 8.07. The van der Waals surface area contributed by atoms with Crippen molar-refractivity contribution in [2.24, 2.45) is 0 Å². The molecule has 5 nitrogen and oxygen atoms in total. The molecule has 1 N–H and O–H groups in total. The summed E-state index contributed by atoms with van der Waals surface area (Å²) in [4.78, 5) is 13.4. The first-order valence-electron chi connectivity index (χ1n) is 9.86. The van der Waals surface area contributed by atoms with Crippen molar-refractivity contribution < 1.29 is 18.8 Å². The highest BCUT2D eigenvalue weighted by Gasteiger charge is 2.25. The third-order valence-corrected chi connectivity index (χ3v) is 5.35. The molecule has 0 radical (unpaired) electrons. The van der Waals surface area contributed by atoms with E-state index in [1.54, 1.807) is 13.2 Å². The van der Waals surface area contributed by atoms with Crippen LogP contribution in [0.3, 0.4) is 0 Å². The van der Waals surface area contributed by atoms with Crippen molar-refractivity contribution in [2.45, 2.75) is 39.3 Å². The number of aryl methyl sites for hydroxylation is 1. The van der Waals surface area contributed by atoms with E-state index in [1.807, 2.05) is 30.3 Å². The number of unbranched alkanes of at least 4 members (excludes halogenated alkanes) is 1. The molecule has 5 heteroatoms. The fourth-order valence-corrected chi connectivity index (χ4v) is 3.92. The molecule has 0 amide bonds. The molecule has 0 saturated heterocycles. The van der Waals surface area contributed by atoms with E-state index in [-0.39, 0.29) is 5.63 Å². The standard InChI is InChI=1S/C23H25NO4/c1-3-4-7-16-12-22(25)28-23-18(16)10-11-21-19(23)14-24(15-27-21)13-17-8-5-6-9-20(17)26-2/h5-6,8-12H,3-4,7,13-15H2,1-2H3/p+1. The zero-order chi connectivity index (χ0) is 19.5. The number of fused-ring (bicyclic) bond motifs is 3. The molecule has 4 rings (SSSR count). The number of ether oxygens (including phenoxy) is 2. The zero-order valence-electron chi connectivity index (χ0n) is 16.4. The Morgan fingerprint density at radius 1 is 1.14 bits per heavy atom. The molecular weight excluding hydrogens is 354 g/mol. The first kappa shape index (κ1) is 18.6. The Hall–Kier alpha value is -2.79. The van der Waals surface area contributed by atoms with Crippen molar-refractivity contribution in [3.8, 4) is 11.5 Å². The van der Waals surface area contributed by atoms with Crippen LogP contribution >= 0.6 is 0 Å². The van der Waals surface area contributed by atoms with Crippen LogP contribution < -0.4 is 20.0 Å². The van der Waals surface area contributed by atoms with Gasteiger partial charge in [-0.1, -0.05) is 25.5 Å². The van der Waals surface area contributed by atoms with Crippen LogP contribution in [0.25, 0.3) is 11.0 Å². The fraction of sp³-hybridized carbons (Fsp3) is 0.348. The Morgan fingerprint density at radius 3 is 2.82 bits per heavy atom. The Bertz CT molecular complexity index is 1040. The van der Waals surface area contributed by atoms with E-state index in [9.17, 15) is 4.79 Å². The molecule has 0 bridgehead atoms. The normalized spacial score (nSPS) is 15.9. The Balaban J connectivity index is 1.68. The number of hydrogen-bond acceptors (Lipinski definition) is 4. The van der Waals surface area contributed by atoms with Gasteiger partial charge in [0.15, 0.2) is 5.58 Å². The molecule has 28 heavy (non-hydrogen) atoms. The van der Waals surface area contributed by atoms with E-state index in [0.29, 0.717) is 12.3 Å². The Morgan fingerprint density at radius 2 is 2.00 bits per heavy atom. The molecule has 1 atom stereocenters. The first-order valence-corrected chi connectivity index (χ1v) is 9.86. The van der Waals surface area contributed by atoms with E-state index in [1.165, 1.54) is 4.90 Å². The molecule has 3 aromatic rings. The number of benzene rings is 2. The summed E-state index contributed by atoms with van der Waals surface area (Å²) in [7, 11) is 1.69. The maximum Gasteiger partial charge on any atom is 0.336 e. The van der Waals surface area contributed by atoms with Gasteiger partial charge in [-0.2, -0.15) is 0 Å². The Kier molecular flexibility index (Phi) is 5.35. The van der Waals surface area contributed by atoms with Gasteiger partial charge in [0.1, 0.15) is 24.6 Å². The van der Waals surface area contributed by atoms with Gasteiger partial charge < -0.3 is 13.9 Å². The molecule has 1 aliphatic heterocycles. The largest absolute Gasteiger partial charge is 0.496 e. The number of methoxy groups -OCH3 is 1. The number of nitrogens with one attached hydrogen (secondary N) is 1. The van der Waals surface area contributed by atoms with Crippen molar-refractivity contribution in [1.82, 2.24) is 0 Å². The molecule has 1 unspecified atom stereocenters. The highest BCUT2D eigenvalue weighted by Crippen LogP contribution is 2.30. The predicted molar refractivity (Wildman–Crippen MR) is 108 cm³/mol. The number of para-hydroxylation sites is 1. The van der Waals surface area contributed by atoms with Gasteiger partial charge in [-0.25, -0.2) is 4.79 Å². The Labute approximate surface area is 164 Å². The maximum absolute atomic E-state index is 12.2. The van der Waals surface area contributed by atoms with Crippen molar-refractivity contribution in [3.63, 3.8) is 0 Å². The van der Waals surface area contributed by atoms with Crippen LogP contribution in [-0.4, -0.2) is 13.8 Å². The second-order valence-corrected chi connectivity index (χ2v) is 7.32. The number of rotatable bonds is 6. The van der Waals surface area contributed by atoms with E-state index in [2.05, 4.69) is 13.0 Å². The number of hydrogen-bond donors (Lipinski definition) is 1. The summed E-state index contributed by atoms with van der Waals surface area (Å²) in [5.74, 6) is 1.69. The SMILES string of the molecule is CCCCc1cc(=O)oc2c3c(ccc12)OC[NH+](Cc1ccccc1OC)C3. The van der Waals surface area contributed by atoms with Crippen LogP contribution in [0, 0.1) is 0 Å². The van der Waals surface area contributed by atoms with Gasteiger partial charge in [0.25, 0.3) is 0 Å². The minimum absolute atomic E-state index is 0.288. The molecule has 0 spiro atoms. The van der Waals surface area contributed by atoms with E-state index in [0.717, 1.165) is 65.9 Å². The lowest BCUT2D eigenvalue weighted by Gasteiger charge is -2.27. The van der Waals surface area contributed by atoms with Gasteiger partial charge in [0.05, 0.1) is 12.7 Å². The lowest BCUT2D eigenvalue weighted by atomic mass is 10.0. The van der Waals surface area contributed by atoms with Crippen LogP contribution in [0.15, 0.2) is 51.7 Å². The van der Waals surface area contributed by atoms with Crippen molar-refractivity contribution >= 4 is 11.0 Å². The van der Waals surface area contributed by atoms with Gasteiger partial charge in [-0.15, -0.1) is 0 Å². The van der Waals surface area contributed by atoms with Crippen LogP contribution in [0.2, 0.25) is 0 Å². The van der Waals surface area contributed by atoms with Gasteiger partial charge in [-0.3, -0.25) is 4.90 Å². The summed E-state index contributed by atoms with van der Waals surface area (Å²) in [5.41, 5.74) is 3.56. The topological polar surface area (TPSA) is 53.1 Å². The number of quaternary nitrogens is 1. The van der Waals surface area contributed by atoms with Crippen molar-refractivity contribution in [3.05, 3.63) is 69.6 Å². The molecule has 1 aliphatic rings. The molecule has 2 heterocycles. The molecule has 146 valence electrons. The predicted octanol–water partition coefficient (Wildman–Crippen LogP) is 3.08. The van der Waals surface area contributed by atoms with Crippen molar-refractivity contribution in [1.29, 1.82) is 0 Å². The van der Waals surface area contributed by atoms with Crippen LogP contribution in [-0.2, 0) is 19.5 Å². The molecule has 0 aliphatic carbocycles. The monoisotopic (exact) mass is 380 g/mol. The van der Waals surface area contributed by atoms with Gasteiger partial charge >= 0.3 is 5.63 Å². The quantitative estimate of drug-likeness (QED) is 0.668. The fourth-order valence-electron chi connectivity index (χ4n) is 3.92. The zero-order valence-corrected chi connectivity index (χ0v) is 16.4. The molecule has 0 saturated carbocycles. The van der Waals surface area contributed by atoms with E-state index >= 15 is 0 Å². The smallest absolute Gasteiger partial charge is 0.336 e. The minimum atomic E-state index is -0.288. The maximum atomic E-state index is 12.2. The van der Waals surface area contributed by atoms with Gasteiger partial charge in [-0.05, 0) is 42.7 Å². The van der Waals surface area contributed by atoms with Gasteiger partial charge in [0, 0.05) is 17.0 Å². The molecular formula is C23H26NO4+. The summed E-state index contributed by atoms with van der Waals surface area (Å²) in [5, 5.41) is 1.02. The van der Waals surface area contributed by atoms with Gasteiger partial charge in [0.2, 0.25) is 6.73 Å². The second-order valence-electron chi connectivity index (χ2n) is 7.32. The summed E-state index contributed by atoms with van der Waals surface area (Å²) in [6.07, 6.45) is 3.03. The highest BCUT2D eigenvalue weighted by atomic mass is 16.5. The van der Waals surface area contributed by atoms with Crippen molar-refractivity contribution in [2.75, 3.05) is 13.8 Å². The summed E-state index contributed by atoms with van der Waals surface area (Å²) in [6, 6.07) is 13.7. The first-order chi connectivity index (χ1) is 13.7. The summed E-state index contributed by atoms with van der Waals surface area (Å²) >= 11 is 0. The van der Waals surface area contributed by atoms with E-state index < -0.39 is 0 Å². The minimum Gasteiger partial charge on any atom is -0.496 e. The van der Waals surface area contributed by atoms with Crippen LogP contribution in [0.5, 0.6) is 11.5 Å². The third-order valence-electron chi connectivity index (χ3n) is 5.35. The third kappa shape index (κ3) is 3.62. The molecule has 2 aromatic carbocycles. The lowest BCUT2D eigenvalue weighted by molar-refractivity contribution is -0.945. The molecule has 0 fully saturated rings. The lowest BCUT2D eigenvalue weighted by Crippen LogP contribution is -3.10. The highest BCUT2D eigenvalue weighted by molar-refractivity contribution is 5.85. The average molecular weight is 380 g/mol. The average Bonchev–Trinajstić information content (AvgIpc) is 2.72. The van der Waals surface area contributed by atoms with E-state index in [4.69, 9.17) is 13.9 Å². The summed E-state index contributed by atoms with van der Waals surface area (Å²) < 4.78 is 17.1. The van der Waals surface area contributed by atoms with Crippen LogP contribution in [0.4, 0.5) is 0 Å². The summed E-state index contributed by atoms with van der Waals surface area (Å²) in [6.45, 7) is 4.24.